The molecule has 9 nitrogen and oxygen atoms in total. The molecule has 0 aliphatic rings. The fourth-order valence-electron chi connectivity index (χ4n) is 2.93. The van der Waals surface area contributed by atoms with Crippen LogP contribution >= 0.6 is 15.9 Å². The summed E-state index contributed by atoms with van der Waals surface area (Å²) in [5.74, 6) is -2.35. The van der Waals surface area contributed by atoms with Crippen LogP contribution in [0, 0.1) is 0 Å². The molecule has 0 bridgehead atoms. The predicted molar refractivity (Wildman–Crippen MR) is 129 cm³/mol. The molecule has 2 aromatic carbocycles. The van der Waals surface area contributed by atoms with Crippen molar-refractivity contribution in [2.24, 2.45) is 0 Å². The maximum absolute atomic E-state index is 13.7. The Morgan fingerprint density at radius 1 is 0.886 bits per heavy atom. The van der Waals surface area contributed by atoms with Crippen LogP contribution in [0.5, 0.6) is 11.5 Å². The number of ketones is 1. The Hall–Kier alpha value is -3.40. The summed E-state index contributed by atoms with van der Waals surface area (Å²) in [6.45, 7) is 8.16. The van der Waals surface area contributed by atoms with E-state index in [1.165, 1.54) is 19.2 Å². The topological polar surface area (TPSA) is 114 Å². The molecule has 0 amide bonds. The van der Waals surface area contributed by atoms with Gasteiger partial charge in [-0.25, -0.2) is 14.4 Å². The van der Waals surface area contributed by atoms with Crippen LogP contribution in [-0.4, -0.2) is 49.8 Å². The molecule has 0 fully saturated rings. The molecule has 0 saturated carbocycles. The fourth-order valence-corrected chi connectivity index (χ4v) is 3.36. The lowest BCUT2D eigenvalue weighted by molar-refractivity contribution is 0.0201. The zero-order valence-electron chi connectivity index (χ0n) is 20.4. The van der Waals surface area contributed by atoms with E-state index in [9.17, 15) is 19.2 Å². The normalized spacial score (nSPS) is 10.8. The number of carbonyl (C=O) groups is 4. The number of hydrogen-bond acceptors (Lipinski definition) is 9. The van der Waals surface area contributed by atoms with E-state index in [0.717, 1.165) is 6.07 Å². The molecule has 0 aliphatic carbocycles. The summed E-state index contributed by atoms with van der Waals surface area (Å²) in [5, 5.41) is 0. The van der Waals surface area contributed by atoms with E-state index in [2.05, 4.69) is 15.9 Å². The van der Waals surface area contributed by atoms with Crippen LogP contribution in [0.15, 0.2) is 34.8 Å². The van der Waals surface area contributed by atoms with E-state index in [0.29, 0.717) is 10.2 Å². The Morgan fingerprint density at radius 3 is 2.09 bits per heavy atom. The van der Waals surface area contributed by atoms with E-state index in [1.54, 1.807) is 46.8 Å². The highest BCUT2D eigenvalue weighted by Crippen LogP contribution is 2.33. The number of halogens is 1. The number of hydrogen-bond donors (Lipinski definition) is 0. The first-order valence-corrected chi connectivity index (χ1v) is 11.5. The maximum Gasteiger partial charge on any atom is 0.514 e. The Labute approximate surface area is 211 Å². The van der Waals surface area contributed by atoms with Crippen molar-refractivity contribution in [1.82, 2.24) is 0 Å². The first kappa shape index (κ1) is 27.8. The summed E-state index contributed by atoms with van der Waals surface area (Å²) in [4.78, 5) is 51.6. The largest absolute Gasteiger partial charge is 0.514 e. The van der Waals surface area contributed by atoms with Gasteiger partial charge in [0.25, 0.3) is 0 Å². The standard InChI is InChI=1S/C25H27BrO9/c1-7-32-22(28)14-11-17(23(29)33-8-2)20(19(12-14)34-24(30)35-25(3,4)5)21(27)16-13-15(31-6)9-10-18(16)26/h9-13H,7-8H2,1-6H3. The van der Waals surface area contributed by atoms with Crippen molar-refractivity contribution in [2.75, 3.05) is 20.3 Å². The highest BCUT2D eigenvalue weighted by atomic mass is 79.9. The zero-order chi connectivity index (χ0) is 26.3. The van der Waals surface area contributed by atoms with Gasteiger partial charge in [-0.2, -0.15) is 0 Å². The molecule has 0 spiro atoms. The molecule has 188 valence electrons. The Kier molecular flexibility index (Phi) is 9.41. The van der Waals surface area contributed by atoms with Crippen LogP contribution in [0.4, 0.5) is 4.79 Å². The van der Waals surface area contributed by atoms with Crippen LogP contribution in [-0.2, 0) is 14.2 Å². The van der Waals surface area contributed by atoms with Crippen molar-refractivity contribution in [3.63, 3.8) is 0 Å². The summed E-state index contributed by atoms with van der Waals surface area (Å²) in [6, 6.07) is 7.00. The van der Waals surface area contributed by atoms with Gasteiger partial charge in [0.2, 0.25) is 0 Å². The molecule has 0 radical (unpaired) electrons. The summed E-state index contributed by atoms with van der Waals surface area (Å²) >= 11 is 3.32. The second kappa shape index (κ2) is 11.8. The molecule has 2 aromatic rings. The van der Waals surface area contributed by atoms with Gasteiger partial charge in [0.15, 0.2) is 5.78 Å². The maximum atomic E-state index is 13.7. The van der Waals surface area contributed by atoms with Gasteiger partial charge in [-0.1, -0.05) is 15.9 Å². The third-order valence-electron chi connectivity index (χ3n) is 4.34. The van der Waals surface area contributed by atoms with E-state index in [4.69, 9.17) is 23.7 Å². The van der Waals surface area contributed by atoms with Crippen molar-refractivity contribution < 1.29 is 42.9 Å². The molecule has 2 rings (SSSR count). The molecule has 0 N–H and O–H groups in total. The van der Waals surface area contributed by atoms with Crippen molar-refractivity contribution in [3.05, 3.63) is 57.1 Å². The molecule has 0 atom stereocenters. The number of carbonyl (C=O) groups excluding carboxylic acids is 4. The molecule has 0 unspecified atom stereocenters. The van der Waals surface area contributed by atoms with Crippen LogP contribution in [0.3, 0.4) is 0 Å². The highest BCUT2D eigenvalue weighted by Gasteiger charge is 2.30. The summed E-state index contributed by atoms with van der Waals surface area (Å²) < 4.78 is 26.3. The van der Waals surface area contributed by atoms with E-state index in [1.807, 2.05) is 0 Å². The average molecular weight is 551 g/mol. The van der Waals surface area contributed by atoms with Crippen molar-refractivity contribution in [3.8, 4) is 11.5 Å². The van der Waals surface area contributed by atoms with Gasteiger partial charge in [0.05, 0.1) is 37.0 Å². The quantitative estimate of drug-likeness (QED) is 0.185. The summed E-state index contributed by atoms with van der Waals surface area (Å²) in [5.41, 5.74) is -1.48. The minimum absolute atomic E-state index is 0.00120. The molecule has 0 aromatic heterocycles. The SMILES string of the molecule is CCOC(=O)c1cc(OC(=O)OC(C)(C)C)c(C(=O)c2cc(OC)ccc2Br)c(C(=O)OCC)c1. The number of ether oxygens (including phenoxy) is 5. The smallest absolute Gasteiger partial charge is 0.497 e. The predicted octanol–water partition coefficient (Wildman–Crippen LogP) is 5.36. The number of benzene rings is 2. The number of esters is 2. The van der Waals surface area contributed by atoms with Crippen molar-refractivity contribution >= 4 is 39.8 Å². The van der Waals surface area contributed by atoms with Gasteiger partial charge in [0.1, 0.15) is 17.1 Å². The van der Waals surface area contributed by atoms with Crippen LogP contribution < -0.4 is 9.47 Å². The number of methoxy groups -OCH3 is 1. The fraction of sp³-hybridized carbons (Fsp3) is 0.360. The lowest BCUT2D eigenvalue weighted by atomic mass is 9.95. The van der Waals surface area contributed by atoms with Crippen LogP contribution in [0.2, 0.25) is 0 Å². The summed E-state index contributed by atoms with van der Waals surface area (Å²) in [6.07, 6.45) is -1.13. The minimum Gasteiger partial charge on any atom is -0.497 e. The van der Waals surface area contributed by atoms with Gasteiger partial charge < -0.3 is 23.7 Å². The third-order valence-corrected chi connectivity index (χ3v) is 5.03. The first-order valence-electron chi connectivity index (χ1n) is 10.7. The Balaban J connectivity index is 2.80. The van der Waals surface area contributed by atoms with Crippen LogP contribution in [0.1, 0.15) is 71.3 Å². The second-order valence-electron chi connectivity index (χ2n) is 8.08. The molecule has 35 heavy (non-hydrogen) atoms. The van der Waals surface area contributed by atoms with Gasteiger partial charge in [-0.05, 0) is 65.0 Å². The van der Waals surface area contributed by atoms with E-state index < -0.39 is 29.5 Å². The van der Waals surface area contributed by atoms with Gasteiger partial charge in [-0.15, -0.1) is 0 Å². The van der Waals surface area contributed by atoms with Gasteiger partial charge in [0, 0.05) is 10.0 Å². The van der Waals surface area contributed by atoms with E-state index in [-0.39, 0.29) is 41.2 Å². The third kappa shape index (κ3) is 7.29. The molecular weight excluding hydrogens is 524 g/mol. The minimum atomic E-state index is -1.13. The van der Waals surface area contributed by atoms with Crippen molar-refractivity contribution in [1.29, 1.82) is 0 Å². The molecule has 0 saturated heterocycles. The Morgan fingerprint density at radius 2 is 1.51 bits per heavy atom. The molecule has 0 heterocycles. The lowest BCUT2D eigenvalue weighted by Gasteiger charge is -2.20. The van der Waals surface area contributed by atoms with Gasteiger partial charge >= 0.3 is 18.1 Å². The van der Waals surface area contributed by atoms with Gasteiger partial charge in [-0.3, -0.25) is 4.79 Å². The molecular formula is C25H27BrO9. The number of rotatable bonds is 8. The summed E-state index contributed by atoms with van der Waals surface area (Å²) in [7, 11) is 1.44. The Bertz CT molecular complexity index is 1130. The average Bonchev–Trinajstić information content (AvgIpc) is 2.77. The highest BCUT2D eigenvalue weighted by molar-refractivity contribution is 9.10. The second-order valence-corrected chi connectivity index (χ2v) is 8.93. The van der Waals surface area contributed by atoms with Crippen molar-refractivity contribution in [2.45, 2.75) is 40.2 Å². The molecule has 10 heteroatoms. The van der Waals surface area contributed by atoms with Crippen LogP contribution in [0.25, 0.3) is 0 Å². The lowest BCUT2D eigenvalue weighted by Crippen LogP contribution is -2.27. The van der Waals surface area contributed by atoms with E-state index >= 15 is 0 Å². The first-order chi connectivity index (χ1) is 16.4. The monoisotopic (exact) mass is 550 g/mol. The molecule has 0 aliphatic heterocycles. The zero-order valence-corrected chi connectivity index (χ0v) is 21.9.